The van der Waals surface area contributed by atoms with Gasteiger partial charge in [-0.25, -0.2) is 0 Å². The normalized spacial score (nSPS) is 14.6. The fourth-order valence-electron chi connectivity index (χ4n) is 4.67. The zero-order valence-electron chi connectivity index (χ0n) is 19.8. The van der Waals surface area contributed by atoms with Gasteiger partial charge >= 0.3 is 0 Å². The van der Waals surface area contributed by atoms with E-state index in [4.69, 9.17) is 27.9 Å². The van der Waals surface area contributed by atoms with Gasteiger partial charge in [0.25, 0.3) is 5.91 Å². The van der Waals surface area contributed by atoms with Gasteiger partial charge in [0.2, 0.25) is 5.91 Å². The number of amides is 2. The maximum absolute atomic E-state index is 13.5. The molecule has 4 rings (SSSR count). The van der Waals surface area contributed by atoms with Gasteiger partial charge in [0, 0.05) is 18.0 Å². The van der Waals surface area contributed by atoms with Crippen LogP contribution in [-0.4, -0.2) is 35.4 Å². The highest BCUT2D eigenvalue weighted by Crippen LogP contribution is 2.27. The number of ether oxygens (including phenoxy) is 1. The summed E-state index contributed by atoms with van der Waals surface area (Å²) in [7, 11) is 0. The molecule has 0 aromatic heterocycles. The molecule has 0 spiro atoms. The molecule has 184 valence electrons. The Kier molecular flexibility index (Phi) is 8.53. The van der Waals surface area contributed by atoms with E-state index in [0.717, 1.165) is 42.0 Å². The quantitative estimate of drug-likeness (QED) is 0.361. The second kappa shape index (κ2) is 11.8. The minimum atomic E-state index is -0.617. The number of fused-ring (bicyclic) bond motifs is 1. The van der Waals surface area contributed by atoms with E-state index >= 15 is 0 Å². The van der Waals surface area contributed by atoms with Crippen LogP contribution in [0.1, 0.15) is 44.6 Å². The summed E-state index contributed by atoms with van der Waals surface area (Å²) in [6.07, 6.45) is 4.68. The summed E-state index contributed by atoms with van der Waals surface area (Å²) in [5, 5.41) is 5.97. The molecule has 3 aromatic rings. The SMILES string of the molecule is CC[C@@H](C(=O)NC1CCCC1)N(Cc1ccc(Cl)c(Cl)c1)C(=O)COc1cccc2ccccc12. The molecule has 5 nitrogen and oxygen atoms in total. The highest BCUT2D eigenvalue weighted by molar-refractivity contribution is 6.42. The van der Waals surface area contributed by atoms with Crippen molar-refractivity contribution in [3.63, 3.8) is 0 Å². The van der Waals surface area contributed by atoms with Gasteiger partial charge in [-0.2, -0.15) is 0 Å². The van der Waals surface area contributed by atoms with Gasteiger partial charge in [0.1, 0.15) is 11.8 Å². The van der Waals surface area contributed by atoms with Crippen molar-refractivity contribution in [2.24, 2.45) is 0 Å². The Labute approximate surface area is 216 Å². The summed E-state index contributed by atoms with van der Waals surface area (Å²) in [5.74, 6) is 0.241. The number of nitrogens with one attached hydrogen (secondary N) is 1. The van der Waals surface area contributed by atoms with Gasteiger partial charge < -0.3 is 15.0 Å². The van der Waals surface area contributed by atoms with Gasteiger partial charge in [-0.1, -0.05) is 85.4 Å². The number of hydrogen-bond acceptors (Lipinski definition) is 3. The van der Waals surface area contributed by atoms with E-state index in [9.17, 15) is 9.59 Å². The van der Waals surface area contributed by atoms with Crippen LogP contribution in [0.25, 0.3) is 10.8 Å². The van der Waals surface area contributed by atoms with Crippen molar-refractivity contribution in [2.75, 3.05) is 6.61 Å². The molecule has 0 aliphatic heterocycles. The predicted molar refractivity (Wildman–Crippen MR) is 141 cm³/mol. The molecule has 0 unspecified atom stereocenters. The van der Waals surface area contributed by atoms with E-state index in [1.54, 1.807) is 17.0 Å². The average Bonchev–Trinajstić information content (AvgIpc) is 3.37. The van der Waals surface area contributed by atoms with E-state index in [2.05, 4.69) is 5.32 Å². The number of rotatable bonds is 9. The van der Waals surface area contributed by atoms with Crippen LogP contribution in [0.3, 0.4) is 0 Å². The summed E-state index contributed by atoms with van der Waals surface area (Å²) in [6.45, 7) is 1.97. The van der Waals surface area contributed by atoms with Crippen LogP contribution in [0.2, 0.25) is 10.0 Å². The molecule has 2 amide bonds. The van der Waals surface area contributed by atoms with Gasteiger partial charge in [0.15, 0.2) is 6.61 Å². The van der Waals surface area contributed by atoms with Crippen molar-refractivity contribution in [3.8, 4) is 5.75 Å². The Balaban J connectivity index is 1.55. The largest absolute Gasteiger partial charge is 0.483 e. The second-order valence-electron chi connectivity index (χ2n) is 8.95. The fraction of sp³-hybridized carbons (Fsp3) is 0.357. The van der Waals surface area contributed by atoms with E-state index in [0.29, 0.717) is 22.2 Å². The monoisotopic (exact) mass is 512 g/mol. The second-order valence-corrected chi connectivity index (χ2v) is 9.76. The van der Waals surface area contributed by atoms with Crippen LogP contribution in [0, 0.1) is 0 Å². The first-order chi connectivity index (χ1) is 17.0. The number of carbonyl (C=O) groups excluding carboxylic acids is 2. The maximum atomic E-state index is 13.5. The van der Waals surface area contributed by atoms with Crippen LogP contribution >= 0.6 is 23.2 Å². The number of benzene rings is 3. The summed E-state index contributed by atoms with van der Waals surface area (Å²) in [6, 6.07) is 18.4. The summed E-state index contributed by atoms with van der Waals surface area (Å²) in [5.41, 5.74) is 0.796. The molecular weight excluding hydrogens is 483 g/mol. The first kappa shape index (κ1) is 25.3. The molecule has 0 radical (unpaired) electrons. The van der Waals surface area contributed by atoms with Crippen LogP contribution in [-0.2, 0) is 16.1 Å². The van der Waals surface area contributed by atoms with E-state index in [-0.39, 0.29) is 31.0 Å². The van der Waals surface area contributed by atoms with Crippen molar-refractivity contribution in [3.05, 3.63) is 76.3 Å². The van der Waals surface area contributed by atoms with Crippen LogP contribution < -0.4 is 10.1 Å². The Morgan fingerprint density at radius 2 is 1.77 bits per heavy atom. The average molecular weight is 513 g/mol. The Morgan fingerprint density at radius 3 is 2.51 bits per heavy atom. The van der Waals surface area contributed by atoms with Crippen LogP contribution in [0.5, 0.6) is 5.75 Å². The topological polar surface area (TPSA) is 58.6 Å². The Morgan fingerprint density at radius 1 is 1.03 bits per heavy atom. The lowest BCUT2D eigenvalue weighted by Gasteiger charge is -2.31. The third-order valence-electron chi connectivity index (χ3n) is 6.53. The summed E-state index contributed by atoms with van der Waals surface area (Å²) < 4.78 is 5.98. The minimum absolute atomic E-state index is 0.127. The highest BCUT2D eigenvalue weighted by atomic mass is 35.5. The van der Waals surface area contributed by atoms with Crippen molar-refractivity contribution in [2.45, 2.75) is 57.7 Å². The van der Waals surface area contributed by atoms with Crippen LogP contribution in [0.15, 0.2) is 60.7 Å². The van der Waals surface area contributed by atoms with Crippen LogP contribution in [0.4, 0.5) is 0 Å². The molecule has 0 heterocycles. The fourth-order valence-corrected chi connectivity index (χ4v) is 4.99. The lowest BCUT2D eigenvalue weighted by atomic mass is 10.1. The zero-order valence-corrected chi connectivity index (χ0v) is 21.3. The molecule has 7 heteroatoms. The molecule has 1 atom stereocenters. The summed E-state index contributed by atoms with van der Waals surface area (Å²) >= 11 is 12.3. The Hall–Kier alpha value is -2.76. The van der Waals surface area contributed by atoms with Crippen molar-refractivity contribution in [1.29, 1.82) is 0 Å². The molecule has 1 N–H and O–H groups in total. The van der Waals surface area contributed by atoms with E-state index in [1.807, 2.05) is 55.5 Å². The predicted octanol–water partition coefficient (Wildman–Crippen LogP) is 6.39. The smallest absolute Gasteiger partial charge is 0.261 e. The van der Waals surface area contributed by atoms with Gasteiger partial charge in [-0.3, -0.25) is 9.59 Å². The Bertz CT molecular complexity index is 1190. The molecule has 0 bridgehead atoms. The van der Waals surface area contributed by atoms with Crippen molar-refractivity contribution >= 4 is 45.8 Å². The molecule has 1 fully saturated rings. The lowest BCUT2D eigenvalue weighted by molar-refractivity contribution is -0.143. The van der Waals surface area contributed by atoms with Gasteiger partial charge in [0.05, 0.1) is 10.0 Å². The standard InChI is InChI=1S/C28H30Cl2N2O3/c1-2-25(28(34)31-21-10-4-5-11-21)32(17-19-14-15-23(29)24(30)16-19)27(33)18-35-26-13-7-9-20-8-3-6-12-22(20)26/h3,6-9,12-16,21,25H,2,4-5,10-11,17-18H2,1H3,(H,31,34)/t25-/m0/s1. The van der Waals surface area contributed by atoms with E-state index < -0.39 is 6.04 Å². The first-order valence-corrected chi connectivity index (χ1v) is 12.9. The molecule has 1 aliphatic rings. The molecule has 0 saturated heterocycles. The number of nitrogens with zero attached hydrogens (tertiary/aromatic N) is 1. The highest BCUT2D eigenvalue weighted by Gasteiger charge is 2.31. The molecule has 1 aliphatic carbocycles. The first-order valence-electron chi connectivity index (χ1n) is 12.1. The van der Waals surface area contributed by atoms with Gasteiger partial charge in [-0.05, 0) is 48.4 Å². The van der Waals surface area contributed by atoms with Crippen molar-refractivity contribution in [1.82, 2.24) is 10.2 Å². The number of hydrogen-bond donors (Lipinski definition) is 1. The minimum Gasteiger partial charge on any atom is -0.483 e. The summed E-state index contributed by atoms with van der Waals surface area (Å²) in [4.78, 5) is 28.3. The zero-order chi connectivity index (χ0) is 24.8. The third kappa shape index (κ3) is 6.28. The molecule has 1 saturated carbocycles. The van der Waals surface area contributed by atoms with E-state index in [1.165, 1.54) is 0 Å². The maximum Gasteiger partial charge on any atom is 0.261 e. The molecular formula is C28H30Cl2N2O3. The molecule has 35 heavy (non-hydrogen) atoms. The number of halogens is 2. The third-order valence-corrected chi connectivity index (χ3v) is 7.26. The van der Waals surface area contributed by atoms with Gasteiger partial charge in [-0.15, -0.1) is 0 Å². The van der Waals surface area contributed by atoms with Crippen molar-refractivity contribution < 1.29 is 14.3 Å². The molecule has 3 aromatic carbocycles. The lowest BCUT2D eigenvalue weighted by Crippen LogP contribution is -2.52. The number of carbonyl (C=O) groups is 2.